The number of carbonyl (C=O) groups is 2. The highest BCUT2D eigenvalue weighted by atomic mass is 35.5. The standard InChI is InChI=1S/C14H19ClN2O3/c1-14(2,3)11(18)6-7-17(13(19)20)9-10-4-5-12(15)16-8-10/h4-5,8H,6-7,9H2,1-3H3,(H,19,20). The molecule has 0 saturated carbocycles. The number of amides is 1. The van der Waals surface area contributed by atoms with Gasteiger partial charge in [-0.25, -0.2) is 9.78 Å². The largest absolute Gasteiger partial charge is 0.465 e. The first-order valence-electron chi connectivity index (χ1n) is 6.32. The van der Waals surface area contributed by atoms with E-state index in [1.54, 1.807) is 12.1 Å². The molecule has 1 aromatic rings. The normalized spacial score (nSPS) is 11.2. The number of hydrogen-bond acceptors (Lipinski definition) is 3. The van der Waals surface area contributed by atoms with Crippen molar-refractivity contribution >= 4 is 23.5 Å². The predicted molar refractivity (Wildman–Crippen MR) is 76.8 cm³/mol. The molecular weight excluding hydrogens is 280 g/mol. The van der Waals surface area contributed by atoms with E-state index < -0.39 is 11.5 Å². The zero-order valence-corrected chi connectivity index (χ0v) is 12.6. The summed E-state index contributed by atoms with van der Waals surface area (Å²) in [6.45, 7) is 5.83. The smallest absolute Gasteiger partial charge is 0.407 e. The Balaban J connectivity index is 2.64. The molecule has 0 aliphatic rings. The van der Waals surface area contributed by atoms with Crippen LogP contribution in [-0.2, 0) is 11.3 Å². The van der Waals surface area contributed by atoms with Crippen LogP contribution in [0.15, 0.2) is 18.3 Å². The van der Waals surface area contributed by atoms with Gasteiger partial charge in [0.15, 0.2) is 0 Å². The molecule has 1 heterocycles. The van der Waals surface area contributed by atoms with Crippen molar-refractivity contribution in [2.75, 3.05) is 6.54 Å². The summed E-state index contributed by atoms with van der Waals surface area (Å²) in [5, 5.41) is 9.53. The maximum absolute atomic E-state index is 11.8. The van der Waals surface area contributed by atoms with Gasteiger partial charge in [0.2, 0.25) is 0 Å². The minimum absolute atomic E-state index is 0.0398. The third-order valence-electron chi connectivity index (χ3n) is 2.88. The van der Waals surface area contributed by atoms with Crippen LogP contribution in [0.4, 0.5) is 4.79 Å². The Labute approximate surface area is 123 Å². The lowest BCUT2D eigenvalue weighted by Crippen LogP contribution is -2.33. The molecule has 1 amide bonds. The molecule has 110 valence electrons. The number of aromatic nitrogens is 1. The highest BCUT2D eigenvalue weighted by molar-refractivity contribution is 6.29. The van der Waals surface area contributed by atoms with E-state index >= 15 is 0 Å². The lowest BCUT2D eigenvalue weighted by atomic mass is 9.89. The fourth-order valence-electron chi connectivity index (χ4n) is 1.57. The predicted octanol–water partition coefficient (Wildman–Crippen LogP) is 3.22. The van der Waals surface area contributed by atoms with Crippen molar-refractivity contribution in [2.45, 2.75) is 33.7 Å². The second kappa shape index (κ2) is 6.70. The molecule has 1 aromatic heterocycles. The monoisotopic (exact) mass is 298 g/mol. The van der Waals surface area contributed by atoms with Crippen molar-refractivity contribution in [3.05, 3.63) is 29.0 Å². The molecule has 0 atom stereocenters. The molecule has 0 bridgehead atoms. The number of carboxylic acid groups (broad SMARTS) is 1. The summed E-state index contributed by atoms with van der Waals surface area (Å²) in [6.07, 6.45) is 0.683. The summed E-state index contributed by atoms with van der Waals surface area (Å²) < 4.78 is 0. The molecule has 1 N–H and O–H groups in total. The fourth-order valence-corrected chi connectivity index (χ4v) is 1.69. The number of halogens is 1. The van der Waals surface area contributed by atoms with Gasteiger partial charge in [-0.05, 0) is 11.6 Å². The van der Waals surface area contributed by atoms with Crippen LogP contribution >= 0.6 is 11.6 Å². The van der Waals surface area contributed by atoms with E-state index in [9.17, 15) is 14.7 Å². The minimum Gasteiger partial charge on any atom is -0.465 e. The molecule has 0 fully saturated rings. The van der Waals surface area contributed by atoms with Crippen LogP contribution < -0.4 is 0 Å². The minimum atomic E-state index is -1.05. The molecule has 0 aliphatic heterocycles. The van der Waals surface area contributed by atoms with Crippen LogP contribution in [0, 0.1) is 5.41 Å². The third kappa shape index (κ3) is 5.17. The fraction of sp³-hybridized carbons (Fsp3) is 0.500. The lowest BCUT2D eigenvalue weighted by Gasteiger charge is -2.22. The van der Waals surface area contributed by atoms with Crippen LogP contribution in [0.2, 0.25) is 5.15 Å². The molecule has 0 unspecified atom stereocenters. The summed E-state index contributed by atoms with van der Waals surface area (Å²) in [7, 11) is 0. The number of carbonyl (C=O) groups excluding carboxylic acids is 1. The van der Waals surface area contributed by atoms with E-state index in [4.69, 9.17) is 11.6 Å². The summed E-state index contributed by atoms with van der Waals surface area (Å²) >= 11 is 5.68. The number of ketones is 1. The van der Waals surface area contributed by atoms with E-state index in [0.29, 0.717) is 5.15 Å². The molecule has 0 saturated heterocycles. The number of pyridine rings is 1. The molecule has 0 spiro atoms. The van der Waals surface area contributed by atoms with Gasteiger partial charge in [0, 0.05) is 24.6 Å². The van der Waals surface area contributed by atoms with Gasteiger partial charge in [-0.2, -0.15) is 0 Å². The first-order chi connectivity index (χ1) is 9.20. The van der Waals surface area contributed by atoms with E-state index in [0.717, 1.165) is 5.56 Å². The van der Waals surface area contributed by atoms with Crippen molar-refractivity contribution in [2.24, 2.45) is 5.41 Å². The molecule has 6 heteroatoms. The van der Waals surface area contributed by atoms with Gasteiger partial charge in [0.1, 0.15) is 10.9 Å². The Kier molecular flexibility index (Phi) is 5.51. The number of Topliss-reactive ketones (excluding diaryl/α,β-unsaturated/α-hetero) is 1. The Morgan fingerprint density at radius 1 is 1.35 bits per heavy atom. The second-order valence-corrected chi connectivity index (χ2v) is 6.00. The van der Waals surface area contributed by atoms with E-state index in [2.05, 4.69) is 4.98 Å². The van der Waals surface area contributed by atoms with Crippen LogP contribution in [0.3, 0.4) is 0 Å². The first kappa shape index (κ1) is 16.4. The SMILES string of the molecule is CC(C)(C)C(=O)CCN(Cc1ccc(Cl)nc1)C(=O)O. The summed E-state index contributed by atoms with van der Waals surface area (Å²) in [4.78, 5) is 28.1. The highest BCUT2D eigenvalue weighted by Crippen LogP contribution is 2.17. The van der Waals surface area contributed by atoms with Crippen LogP contribution in [0.25, 0.3) is 0 Å². The number of rotatable bonds is 5. The van der Waals surface area contributed by atoms with Gasteiger partial charge in [-0.1, -0.05) is 38.4 Å². The number of nitrogens with zero attached hydrogens (tertiary/aromatic N) is 2. The Morgan fingerprint density at radius 2 is 2.00 bits per heavy atom. The Hall–Kier alpha value is -1.62. The van der Waals surface area contributed by atoms with Gasteiger partial charge in [-0.3, -0.25) is 4.79 Å². The van der Waals surface area contributed by atoms with Crippen LogP contribution in [0.1, 0.15) is 32.8 Å². The van der Waals surface area contributed by atoms with Gasteiger partial charge in [-0.15, -0.1) is 0 Å². The molecule has 0 aromatic carbocycles. The maximum Gasteiger partial charge on any atom is 0.407 e. The van der Waals surface area contributed by atoms with Crippen LogP contribution in [0.5, 0.6) is 0 Å². The molecule has 5 nitrogen and oxygen atoms in total. The third-order valence-corrected chi connectivity index (χ3v) is 3.10. The quantitative estimate of drug-likeness (QED) is 0.847. The zero-order valence-electron chi connectivity index (χ0n) is 11.9. The molecule has 0 aliphatic carbocycles. The molecule has 1 rings (SSSR count). The second-order valence-electron chi connectivity index (χ2n) is 5.62. The van der Waals surface area contributed by atoms with Gasteiger partial charge < -0.3 is 10.0 Å². The Bertz CT molecular complexity index is 480. The van der Waals surface area contributed by atoms with E-state index in [1.165, 1.54) is 11.1 Å². The maximum atomic E-state index is 11.8. The summed E-state index contributed by atoms with van der Waals surface area (Å²) in [6, 6.07) is 3.33. The first-order valence-corrected chi connectivity index (χ1v) is 6.69. The lowest BCUT2D eigenvalue weighted by molar-refractivity contribution is -0.126. The average molecular weight is 299 g/mol. The molecule has 0 radical (unpaired) electrons. The van der Waals surface area contributed by atoms with Gasteiger partial charge in [0.05, 0.1) is 6.54 Å². The average Bonchev–Trinajstić information content (AvgIpc) is 2.34. The van der Waals surface area contributed by atoms with E-state index in [-0.39, 0.29) is 25.3 Å². The molecular formula is C14H19ClN2O3. The van der Waals surface area contributed by atoms with Crippen molar-refractivity contribution in [1.82, 2.24) is 9.88 Å². The van der Waals surface area contributed by atoms with E-state index in [1.807, 2.05) is 20.8 Å². The van der Waals surface area contributed by atoms with Gasteiger partial charge in [0.25, 0.3) is 0 Å². The van der Waals surface area contributed by atoms with Gasteiger partial charge >= 0.3 is 6.09 Å². The van der Waals surface area contributed by atoms with Crippen molar-refractivity contribution in [3.8, 4) is 0 Å². The van der Waals surface area contributed by atoms with Crippen molar-refractivity contribution in [1.29, 1.82) is 0 Å². The van der Waals surface area contributed by atoms with Crippen LogP contribution in [-0.4, -0.2) is 33.4 Å². The topological polar surface area (TPSA) is 70.5 Å². The Morgan fingerprint density at radius 3 is 2.45 bits per heavy atom. The summed E-state index contributed by atoms with van der Waals surface area (Å²) in [5.41, 5.74) is 0.284. The van der Waals surface area contributed by atoms with Crippen molar-refractivity contribution in [3.63, 3.8) is 0 Å². The summed E-state index contributed by atoms with van der Waals surface area (Å²) in [5.74, 6) is 0.0398. The zero-order chi connectivity index (χ0) is 15.3. The number of hydrogen-bond donors (Lipinski definition) is 1. The highest BCUT2D eigenvalue weighted by Gasteiger charge is 2.22. The molecule has 20 heavy (non-hydrogen) atoms. The van der Waals surface area contributed by atoms with Crippen molar-refractivity contribution < 1.29 is 14.7 Å².